The van der Waals surface area contributed by atoms with Gasteiger partial charge in [0.15, 0.2) is 0 Å². The van der Waals surface area contributed by atoms with Crippen LogP contribution in [0.4, 0.5) is 0 Å². The Morgan fingerprint density at radius 2 is 2.17 bits per heavy atom. The maximum absolute atomic E-state index is 5.11. The first-order chi connectivity index (χ1) is 8.69. The van der Waals surface area contributed by atoms with Gasteiger partial charge in [-0.1, -0.05) is 29.8 Å². The summed E-state index contributed by atoms with van der Waals surface area (Å²) >= 11 is 0. The van der Waals surface area contributed by atoms with Gasteiger partial charge in [0.05, 0.1) is 0 Å². The van der Waals surface area contributed by atoms with Gasteiger partial charge in [0.1, 0.15) is 0 Å². The summed E-state index contributed by atoms with van der Waals surface area (Å²) in [7, 11) is 1.77. The van der Waals surface area contributed by atoms with Gasteiger partial charge in [-0.05, 0) is 44.6 Å². The average molecular weight is 247 g/mol. The van der Waals surface area contributed by atoms with E-state index < -0.39 is 0 Å². The minimum atomic E-state index is 0.563. The van der Waals surface area contributed by atoms with Crippen LogP contribution in [0.1, 0.15) is 43.2 Å². The molecule has 0 radical (unpaired) electrons. The Morgan fingerprint density at radius 3 is 2.83 bits per heavy atom. The highest BCUT2D eigenvalue weighted by Gasteiger charge is 2.30. The van der Waals surface area contributed by atoms with Crippen LogP contribution in [0.25, 0.3) is 0 Å². The van der Waals surface area contributed by atoms with E-state index in [1.807, 2.05) is 0 Å². The second-order valence-corrected chi connectivity index (χ2v) is 5.63. The molecule has 1 aromatic carbocycles. The third-order valence-corrected chi connectivity index (χ3v) is 3.93. The van der Waals surface area contributed by atoms with Crippen molar-refractivity contribution < 1.29 is 4.74 Å². The van der Waals surface area contributed by atoms with Crippen molar-refractivity contribution in [2.24, 2.45) is 0 Å². The zero-order valence-electron chi connectivity index (χ0n) is 11.8. The number of aryl methyl sites for hydroxylation is 1. The van der Waals surface area contributed by atoms with Gasteiger partial charge in [0.2, 0.25) is 0 Å². The molecule has 1 saturated carbocycles. The molecule has 0 spiro atoms. The molecular weight excluding hydrogens is 222 g/mol. The van der Waals surface area contributed by atoms with E-state index in [0.717, 1.165) is 18.9 Å². The van der Waals surface area contributed by atoms with Gasteiger partial charge in [-0.15, -0.1) is 0 Å². The Balaban J connectivity index is 1.73. The molecule has 0 aromatic heterocycles. The molecule has 18 heavy (non-hydrogen) atoms. The minimum Gasteiger partial charge on any atom is -0.385 e. The quantitative estimate of drug-likeness (QED) is 0.833. The molecule has 0 heterocycles. The number of benzene rings is 1. The second kappa shape index (κ2) is 6.35. The van der Waals surface area contributed by atoms with Gasteiger partial charge < -0.3 is 10.1 Å². The molecule has 2 heteroatoms. The first-order valence-electron chi connectivity index (χ1n) is 7.00. The molecule has 100 valence electrons. The number of nitrogens with one attached hydrogen (secondary N) is 1. The summed E-state index contributed by atoms with van der Waals surface area (Å²) in [6, 6.07) is 10.2. The lowest BCUT2D eigenvalue weighted by molar-refractivity contribution is 0.175. The van der Waals surface area contributed by atoms with Crippen LogP contribution in [-0.4, -0.2) is 25.8 Å². The standard InChI is InChI=1S/C16H25NO/c1-12-5-4-6-14(9-12)15-10-16(11-15)17-13(2)7-8-18-3/h4-6,9,13,15-17H,7-8,10-11H2,1-3H3. The van der Waals surface area contributed by atoms with Crippen LogP contribution >= 0.6 is 0 Å². The molecule has 1 aliphatic rings. The SMILES string of the molecule is COCCC(C)NC1CC(c2cccc(C)c2)C1. The van der Waals surface area contributed by atoms with Crippen molar-refractivity contribution in [1.29, 1.82) is 0 Å². The van der Waals surface area contributed by atoms with Crippen molar-refractivity contribution in [3.8, 4) is 0 Å². The molecule has 0 saturated heterocycles. The molecule has 1 aliphatic carbocycles. The van der Waals surface area contributed by atoms with E-state index in [-0.39, 0.29) is 0 Å². The maximum atomic E-state index is 5.11. The van der Waals surface area contributed by atoms with Crippen molar-refractivity contribution in [1.82, 2.24) is 5.32 Å². The monoisotopic (exact) mass is 247 g/mol. The summed E-state index contributed by atoms with van der Waals surface area (Å²) in [4.78, 5) is 0. The highest BCUT2D eigenvalue weighted by atomic mass is 16.5. The topological polar surface area (TPSA) is 21.3 Å². The number of ether oxygens (including phenoxy) is 1. The number of rotatable bonds is 6. The van der Waals surface area contributed by atoms with Crippen LogP contribution in [0.15, 0.2) is 24.3 Å². The normalized spacial score (nSPS) is 24.6. The van der Waals surface area contributed by atoms with Crippen molar-refractivity contribution >= 4 is 0 Å². The van der Waals surface area contributed by atoms with Crippen LogP contribution in [0.2, 0.25) is 0 Å². The molecule has 2 rings (SSSR count). The lowest BCUT2D eigenvalue weighted by Gasteiger charge is -2.38. The smallest absolute Gasteiger partial charge is 0.0476 e. The Morgan fingerprint density at radius 1 is 1.39 bits per heavy atom. The molecule has 1 atom stereocenters. The van der Waals surface area contributed by atoms with E-state index >= 15 is 0 Å². The molecule has 0 amide bonds. The molecule has 1 N–H and O–H groups in total. The van der Waals surface area contributed by atoms with Crippen molar-refractivity contribution in [2.45, 2.75) is 51.1 Å². The van der Waals surface area contributed by atoms with E-state index in [1.165, 1.54) is 24.0 Å². The summed E-state index contributed by atoms with van der Waals surface area (Å²) in [6.07, 6.45) is 3.66. The molecule has 1 aromatic rings. The number of hydrogen-bond donors (Lipinski definition) is 1. The summed E-state index contributed by atoms with van der Waals surface area (Å²) in [5.41, 5.74) is 2.88. The minimum absolute atomic E-state index is 0.563. The fourth-order valence-corrected chi connectivity index (χ4v) is 2.73. The molecular formula is C16H25NO. The van der Waals surface area contributed by atoms with Gasteiger partial charge in [-0.25, -0.2) is 0 Å². The lowest BCUT2D eigenvalue weighted by Crippen LogP contribution is -2.44. The van der Waals surface area contributed by atoms with E-state index in [4.69, 9.17) is 4.74 Å². The summed E-state index contributed by atoms with van der Waals surface area (Å²) in [6.45, 7) is 5.27. The second-order valence-electron chi connectivity index (χ2n) is 5.63. The van der Waals surface area contributed by atoms with Gasteiger partial charge in [-0.2, -0.15) is 0 Å². The van der Waals surface area contributed by atoms with E-state index in [0.29, 0.717) is 12.1 Å². The van der Waals surface area contributed by atoms with Crippen LogP contribution in [-0.2, 0) is 4.74 Å². The van der Waals surface area contributed by atoms with E-state index in [9.17, 15) is 0 Å². The Bertz CT molecular complexity index is 371. The molecule has 1 fully saturated rings. The lowest BCUT2D eigenvalue weighted by atomic mass is 9.75. The van der Waals surface area contributed by atoms with Crippen LogP contribution in [0.5, 0.6) is 0 Å². The molecule has 1 unspecified atom stereocenters. The Kier molecular flexibility index (Phi) is 4.79. The van der Waals surface area contributed by atoms with Gasteiger partial charge in [0, 0.05) is 25.8 Å². The fourth-order valence-electron chi connectivity index (χ4n) is 2.73. The average Bonchev–Trinajstić information content (AvgIpc) is 2.30. The highest BCUT2D eigenvalue weighted by Crippen LogP contribution is 2.37. The fraction of sp³-hybridized carbons (Fsp3) is 0.625. The van der Waals surface area contributed by atoms with Crippen molar-refractivity contribution in [3.63, 3.8) is 0 Å². The third kappa shape index (κ3) is 3.56. The van der Waals surface area contributed by atoms with Crippen LogP contribution < -0.4 is 5.32 Å². The summed E-state index contributed by atoms with van der Waals surface area (Å²) in [5.74, 6) is 0.761. The molecule has 0 aliphatic heterocycles. The predicted octanol–water partition coefficient (Wildman–Crippen LogP) is 3.26. The number of hydrogen-bond acceptors (Lipinski definition) is 2. The van der Waals surface area contributed by atoms with Crippen LogP contribution in [0, 0.1) is 6.92 Å². The zero-order chi connectivity index (χ0) is 13.0. The third-order valence-electron chi connectivity index (χ3n) is 3.93. The number of methoxy groups -OCH3 is 1. The van der Waals surface area contributed by atoms with E-state index in [1.54, 1.807) is 7.11 Å². The van der Waals surface area contributed by atoms with Gasteiger partial charge in [-0.3, -0.25) is 0 Å². The predicted molar refractivity (Wildman–Crippen MR) is 76.0 cm³/mol. The first kappa shape index (κ1) is 13.6. The van der Waals surface area contributed by atoms with Crippen molar-refractivity contribution in [3.05, 3.63) is 35.4 Å². The van der Waals surface area contributed by atoms with Crippen molar-refractivity contribution in [2.75, 3.05) is 13.7 Å². The Hall–Kier alpha value is -0.860. The van der Waals surface area contributed by atoms with Gasteiger partial charge >= 0.3 is 0 Å². The summed E-state index contributed by atoms with van der Waals surface area (Å²) < 4.78 is 5.11. The van der Waals surface area contributed by atoms with E-state index in [2.05, 4.69) is 43.4 Å². The Labute approximate surface area is 111 Å². The zero-order valence-corrected chi connectivity index (χ0v) is 11.8. The highest BCUT2D eigenvalue weighted by molar-refractivity contribution is 5.27. The van der Waals surface area contributed by atoms with Crippen LogP contribution in [0.3, 0.4) is 0 Å². The maximum Gasteiger partial charge on any atom is 0.0476 e. The van der Waals surface area contributed by atoms with Gasteiger partial charge in [0.25, 0.3) is 0 Å². The summed E-state index contributed by atoms with van der Waals surface area (Å²) in [5, 5.41) is 3.69. The molecule has 2 nitrogen and oxygen atoms in total. The molecule has 0 bridgehead atoms. The first-order valence-corrected chi connectivity index (χ1v) is 7.00. The largest absolute Gasteiger partial charge is 0.385 e.